The summed E-state index contributed by atoms with van der Waals surface area (Å²) in [6.45, 7) is 2.07. The highest BCUT2D eigenvalue weighted by atomic mass is 16.1. The largest absolute Gasteiger partial charge is 0.299 e. The number of rotatable bonds is 2. The molecule has 0 aromatic rings. The van der Waals surface area contributed by atoms with Gasteiger partial charge in [0.25, 0.3) is 0 Å². The van der Waals surface area contributed by atoms with E-state index in [1.54, 1.807) is 6.08 Å². The summed E-state index contributed by atoms with van der Waals surface area (Å²) in [6, 6.07) is 0. The zero-order valence-electron chi connectivity index (χ0n) is 6.66. The molecule has 1 heteroatoms. The van der Waals surface area contributed by atoms with E-state index < -0.39 is 0 Å². The molecular formula is C10H12O. The molecule has 1 atom stereocenters. The Morgan fingerprint density at radius 1 is 1.64 bits per heavy atom. The fourth-order valence-electron chi connectivity index (χ4n) is 1.19. The van der Waals surface area contributed by atoms with Crippen LogP contribution < -0.4 is 0 Å². The molecule has 0 radical (unpaired) electrons. The van der Waals surface area contributed by atoms with E-state index in [1.807, 2.05) is 6.08 Å². The Morgan fingerprint density at radius 2 is 2.45 bits per heavy atom. The number of carbonyl (C=O) groups is 1. The van der Waals surface area contributed by atoms with E-state index in [2.05, 4.69) is 25.2 Å². The lowest BCUT2D eigenvalue weighted by molar-refractivity contribution is -0.104. The van der Waals surface area contributed by atoms with Gasteiger partial charge in [0.1, 0.15) is 6.29 Å². The van der Waals surface area contributed by atoms with Gasteiger partial charge < -0.3 is 0 Å². The number of hydrogen-bond acceptors (Lipinski definition) is 1. The maximum atomic E-state index is 10.0. The van der Waals surface area contributed by atoms with Crippen LogP contribution in [0.25, 0.3) is 0 Å². The number of hydrogen-bond donors (Lipinski definition) is 0. The van der Waals surface area contributed by atoms with E-state index in [4.69, 9.17) is 0 Å². The van der Waals surface area contributed by atoms with Crippen LogP contribution in [0.3, 0.4) is 0 Å². The van der Waals surface area contributed by atoms with Crippen LogP contribution in [-0.2, 0) is 4.79 Å². The van der Waals surface area contributed by atoms with Crippen molar-refractivity contribution in [1.29, 1.82) is 0 Å². The number of aldehydes is 1. The normalized spacial score (nSPS) is 23.7. The maximum Gasteiger partial charge on any atom is 0.142 e. The third-order valence-electron chi connectivity index (χ3n) is 1.70. The molecule has 0 N–H and O–H groups in total. The first-order valence-electron chi connectivity index (χ1n) is 3.80. The van der Waals surface area contributed by atoms with Crippen LogP contribution in [0, 0.1) is 5.92 Å². The van der Waals surface area contributed by atoms with E-state index in [9.17, 15) is 4.79 Å². The Kier molecular flexibility index (Phi) is 2.84. The van der Waals surface area contributed by atoms with Gasteiger partial charge >= 0.3 is 0 Å². The maximum absolute atomic E-state index is 10.0. The molecule has 0 saturated carbocycles. The summed E-state index contributed by atoms with van der Waals surface area (Å²) in [5.41, 5.74) is 1.27. The quantitative estimate of drug-likeness (QED) is 0.433. The summed E-state index contributed by atoms with van der Waals surface area (Å²) < 4.78 is 0. The van der Waals surface area contributed by atoms with Crippen molar-refractivity contribution in [2.75, 3.05) is 0 Å². The van der Waals surface area contributed by atoms with Crippen LogP contribution in [0.15, 0.2) is 36.0 Å². The van der Waals surface area contributed by atoms with Crippen LogP contribution in [0.5, 0.6) is 0 Å². The van der Waals surface area contributed by atoms with Crippen molar-refractivity contribution in [2.45, 2.75) is 13.3 Å². The molecule has 1 unspecified atom stereocenters. The fourth-order valence-corrected chi connectivity index (χ4v) is 1.19. The Bertz CT molecular complexity index is 221. The fraction of sp³-hybridized carbons (Fsp3) is 0.300. The van der Waals surface area contributed by atoms with Gasteiger partial charge in [-0.25, -0.2) is 0 Å². The second-order valence-electron chi connectivity index (χ2n) is 2.73. The van der Waals surface area contributed by atoms with E-state index in [-0.39, 0.29) is 0 Å². The third kappa shape index (κ3) is 2.54. The third-order valence-corrected chi connectivity index (χ3v) is 1.70. The molecule has 0 bridgehead atoms. The lowest BCUT2D eigenvalue weighted by atomic mass is 9.97. The Morgan fingerprint density at radius 3 is 3.09 bits per heavy atom. The topological polar surface area (TPSA) is 17.1 Å². The zero-order valence-corrected chi connectivity index (χ0v) is 6.66. The van der Waals surface area contributed by atoms with Gasteiger partial charge in [-0.1, -0.05) is 29.9 Å². The first-order valence-corrected chi connectivity index (χ1v) is 3.80. The van der Waals surface area contributed by atoms with Gasteiger partial charge in [0.2, 0.25) is 0 Å². The van der Waals surface area contributed by atoms with Crippen LogP contribution in [-0.4, -0.2) is 6.29 Å². The Balaban J connectivity index is 2.56. The summed E-state index contributed by atoms with van der Waals surface area (Å²) in [7, 11) is 0. The predicted molar refractivity (Wildman–Crippen MR) is 46.2 cm³/mol. The van der Waals surface area contributed by atoms with Crippen molar-refractivity contribution < 1.29 is 4.79 Å². The number of carbonyl (C=O) groups excluding carboxylic acids is 1. The van der Waals surface area contributed by atoms with E-state index in [0.717, 1.165) is 12.7 Å². The van der Waals surface area contributed by atoms with Crippen molar-refractivity contribution in [3.63, 3.8) is 0 Å². The Labute approximate surface area is 67.1 Å². The second-order valence-corrected chi connectivity index (χ2v) is 2.73. The molecular weight excluding hydrogens is 136 g/mol. The minimum Gasteiger partial charge on any atom is -0.299 e. The molecule has 0 spiro atoms. The van der Waals surface area contributed by atoms with Crippen LogP contribution >= 0.6 is 0 Å². The molecule has 0 aromatic heterocycles. The summed E-state index contributed by atoms with van der Waals surface area (Å²) in [4.78, 5) is 10.0. The number of allylic oxidation sites excluding steroid dienone is 6. The van der Waals surface area contributed by atoms with E-state index in [1.165, 1.54) is 5.57 Å². The van der Waals surface area contributed by atoms with E-state index >= 15 is 0 Å². The van der Waals surface area contributed by atoms with Crippen molar-refractivity contribution in [1.82, 2.24) is 0 Å². The zero-order chi connectivity index (χ0) is 8.10. The molecule has 0 saturated heterocycles. The molecule has 1 nitrogen and oxygen atoms in total. The SMILES string of the molecule is CC1=CC(/C=C/C=O)CC=C1. The Hall–Kier alpha value is -1.11. The van der Waals surface area contributed by atoms with Gasteiger partial charge in [0.15, 0.2) is 0 Å². The second kappa shape index (κ2) is 3.91. The molecule has 1 aliphatic carbocycles. The summed E-state index contributed by atoms with van der Waals surface area (Å²) >= 11 is 0. The van der Waals surface area contributed by atoms with Gasteiger partial charge in [-0.3, -0.25) is 4.79 Å². The van der Waals surface area contributed by atoms with Crippen molar-refractivity contribution >= 4 is 6.29 Å². The van der Waals surface area contributed by atoms with Crippen LogP contribution in [0.4, 0.5) is 0 Å². The molecule has 0 heterocycles. The van der Waals surface area contributed by atoms with Crippen LogP contribution in [0.2, 0.25) is 0 Å². The van der Waals surface area contributed by atoms with Crippen LogP contribution in [0.1, 0.15) is 13.3 Å². The van der Waals surface area contributed by atoms with Gasteiger partial charge in [0.05, 0.1) is 0 Å². The first kappa shape index (κ1) is 7.99. The summed E-state index contributed by atoms with van der Waals surface area (Å²) in [5, 5.41) is 0. The lowest BCUT2D eigenvalue weighted by Gasteiger charge is -2.09. The predicted octanol–water partition coefficient (Wildman–Crippen LogP) is 2.26. The molecule has 1 rings (SSSR count). The standard InChI is InChI=1S/C10H12O/c1-9-4-2-5-10(8-9)6-3-7-11/h2-4,6-8,10H,5H2,1H3/b6-3+. The van der Waals surface area contributed by atoms with Gasteiger partial charge in [-0.15, -0.1) is 0 Å². The average molecular weight is 148 g/mol. The lowest BCUT2D eigenvalue weighted by Crippen LogP contribution is -1.94. The average Bonchev–Trinajstić information content (AvgIpc) is 2.01. The molecule has 1 aliphatic rings. The highest BCUT2D eigenvalue weighted by Gasteiger charge is 2.01. The van der Waals surface area contributed by atoms with Gasteiger partial charge in [-0.2, -0.15) is 0 Å². The summed E-state index contributed by atoms with van der Waals surface area (Å²) in [5.74, 6) is 0.421. The summed E-state index contributed by atoms with van der Waals surface area (Å²) in [6.07, 6.45) is 11.7. The monoisotopic (exact) mass is 148 g/mol. The molecule has 0 aliphatic heterocycles. The molecule has 0 aromatic carbocycles. The van der Waals surface area contributed by atoms with Gasteiger partial charge in [0, 0.05) is 0 Å². The van der Waals surface area contributed by atoms with Crippen molar-refractivity contribution in [3.05, 3.63) is 36.0 Å². The molecule has 58 valence electrons. The molecule has 0 amide bonds. The smallest absolute Gasteiger partial charge is 0.142 e. The van der Waals surface area contributed by atoms with E-state index in [0.29, 0.717) is 5.92 Å². The van der Waals surface area contributed by atoms with Crippen molar-refractivity contribution in [3.8, 4) is 0 Å². The molecule has 0 fully saturated rings. The van der Waals surface area contributed by atoms with Crippen molar-refractivity contribution in [2.24, 2.45) is 5.92 Å². The molecule has 11 heavy (non-hydrogen) atoms. The highest BCUT2D eigenvalue weighted by molar-refractivity contribution is 5.64. The first-order chi connectivity index (χ1) is 5.33. The highest BCUT2D eigenvalue weighted by Crippen LogP contribution is 2.16. The van der Waals surface area contributed by atoms with Gasteiger partial charge in [-0.05, 0) is 25.3 Å². The minimum absolute atomic E-state index is 0.421. The minimum atomic E-state index is 0.421.